The summed E-state index contributed by atoms with van der Waals surface area (Å²) in [5.41, 5.74) is 3.35. The van der Waals surface area contributed by atoms with Crippen LogP contribution in [-0.2, 0) is 16.1 Å². The number of carbonyl (C=O) groups is 2. The normalized spacial score (nSPS) is 25.6. The third-order valence-corrected chi connectivity index (χ3v) is 4.22. The van der Waals surface area contributed by atoms with Gasteiger partial charge in [0, 0.05) is 12.5 Å². The van der Waals surface area contributed by atoms with Gasteiger partial charge in [-0.1, -0.05) is 42.5 Å². The van der Waals surface area contributed by atoms with Crippen molar-refractivity contribution in [2.75, 3.05) is 6.54 Å². The van der Waals surface area contributed by atoms with Crippen molar-refractivity contribution in [2.24, 2.45) is 17.8 Å². The molecule has 1 saturated heterocycles. The largest absolute Gasteiger partial charge is 0.443 e. The van der Waals surface area contributed by atoms with Gasteiger partial charge >= 0.3 is 6.09 Å². The number of nitrogens with one attached hydrogen (secondary N) is 1. The lowest BCUT2D eigenvalue weighted by Crippen LogP contribution is -2.44. The molecule has 3 atom stereocenters. The predicted octanol–water partition coefficient (Wildman–Crippen LogP) is 2.00. The minimum Gasteiger partial charge on any atom is -0.443 e. The molecule has 1 heterocycles. The minimum absolute atomic E-state index is 0.0321. The fourth-order valence-corrected chi connectivity index (χ4v) is 3.07. The molecular weight excluding hydrogens is 294 g/mol. The maximum Gasteiger partial charge on any atom is 0.426 e. The van der Waals surface area contributed by atoms with Crippen LogP contribution in [0.3, 0.4) is 0 Å². The molecule has 0 unspecified atom stereocenters. The van der Waals surface area contributed by atoms with Crippen LogP contribution in [0.15, 0.2) is 42.5 Å². The number of amides is 2. The van der Waals surface area contributed by atoms with Crippen LogP contribution < -0.4 is 5.43 Å². The second-order valence-corrected chi connectivity index (χ2v) is 5.71. The molecule has 1 aromatic rings. The summed E-state index contributed by atoms with van der Waals surface area (Å²) in [5.74, 6) is -0.957. The van der Waals surface area contributed by atoms with E-state index in [-0.39, 0.29) is 30.3 Å². The molecule has 1 fully saturated rings. The molecule has 1 aliphatic heterocycles. The van der Waals surface area contributed by atoms with Gasteiger partial charge in [0.05, 0.1) is 17.9 Å². The summed E-state index contributed by atoms with van der Waals surface area (Å²) in [6.07, 6.45) is 3.79. The third kappa shape index (κ3) is 3.19. The molecule has 23 heavy (non-hydrogen) atoms. The number of benzene rings is 1. The number of nitrogens with zero attached hydrogens (tertiary/aromatic N) is 2. The maximum absolute atomic E-state index is 12.4. The van der Waals surface area contributed by atoms with Crippen molar-refractivity contribution in [1.82, 2.24) is 10.4 Å². The van der Waals surface area contributed by atoms with Gasteiger partial charge in [-0.3, -0.25) is 9.80 Å². The van der Waals surface area contributed by atoms with Crippen molar-refractivity contribution >= 4 is 12.0 Å². The Bertz CT molecular complexity index is 665. The number of hydrogen-bond acceptors (Lipinski definition) is 4. The second-order valence-electron chi connectivity index (χ2n) is 5.71. The van der Waals surface area contributed by atoms with E-state index >= 15 is 0 Å². The number of fused-ring (bicyclic) bond motifs is 1. The molecule has 0 spiro atoms. The number of ether oxygens (including phenoxy) is 1. The van der Waals surface area contributed by atoms with Gasteiger partial charge in [-0.05, 0) is 12.0 Å². The first-order valence-corrected chi connectivity index (χ1v) is 7.54. The first-order valence-electron chi connectivity index (χ1n) is 7.54. The summed E-state index contributed by atoms with van der Waals surface area (Å²) in [6.45, 7) is 0.515. The van der Waals surface area contributed by atoms with Gasteiger partial charge in [-0.25, -0.2) is 10.2 Å². The first kappa shape index (κ1) is 15.1. The Morgan fingerprint density at radius 1 is 1.39 bits per heavy atom. The number of hydrogen-bond donors (Lipinski definition) is 1. The van der Waals surface area contributed by atoms with E-state index in [9.17, 15) is 9.59 Å². The van der Waals surface area contributed by atoms with Gasteiger partial charge in [-0.15, -0.1) is 0 Å². The minimum atomic E-state index is -0.668. The van der Waals surface area contributed by atoms with Crippen LogP contribution in [0.1, 0.15) is 12.0 Å². The van der Waals surface area contributed by atoms with Crippen LogP contribution >= 0.6 is 0 Å². The molecule has 2 amide bonds. The lowest BCUT2D eigenvalue weighted by Gasteiger charge is -2.21. The van der Waals surface area contributed by atoms with E-state index in [0.717, 1.165) is 5.56 Å². The molecule has 2 aliphatic rings. The summed E-state index contributed by atoms with van der Waals surface area (Å²) in [6, 6.07) is 11.5. The topological polar surface area (TPSA) is 82.4 Å². The number of carbonyl (C=O) groups excluding carboxylic acids is 2. The zero-order valence-corrected chi connectivity index (χ0v) is 12.5. The standard InChI is InChI=1S/C17H17N3O3/c18-9-13-7-4-8-14-10-20(16(21)15(13)14)19-17(22)23-11-12-5-2-1-3-6-12/h1-6,8,13-15H,7,10-11H2,(H,19,22)/t13-,14-,15+/m0/s1. The van der Waals surface area contributed by atoms with Crippen molar-refractivity contribution in [3.63, 3.8) is 0 Å². The molecule has 3 rings (SSSR count). The van der Waals surface area contributed by atoms with E-state index in [2.05, 4.69) is 11.5 Å². The summed E-state index contributed by atoms with van der Waals surface area (Å²) in [5, 5.41) is 10.4. The molecule has 0 saturated carbocycles. The average molecular weight is 311 g/mol. The van der Waals surface area contributed by atoms with E-state index in [4.69, 9.17) is 10.00 Å². The SMILES string of the molecule is N#C[C@@H]1CC=C[C@H]2CN(NC(=O)OCc3ccccc3)C(=O)[C@H]12. The molecule has 6 heteroatoms. The molecule has 1 aromatic carbocycles. The van der Waals surface area contributed by atoms with Gasteiger partial charge < -0.3 is 4.74 Å². The Balaban J connectivity index is 1.56. The van der Waals surface area contributed by atoms with E-state index < -0.39 is 6.09 Å². The van der Waals surface area contributed by atoms with Crippen LogP contribution in [0.4, 0.5) is 4.79 Å². The summed E-state index contributed by atoms with van der Waals surface area (Å²) < 4.78 is 5.12. The average Bonchev–Trinajstić information content (AvgIpc) is 2.90. The van der Waals surface area contributed by atoms with Crippen molar-refractivity contribution in [1.29, 1.82) is 5.26 Å². The van der Waals surface area contributed by atoms with E-state index in [1.807, 2.05) is 42.5 Å². The zero-order chi connectivity index (χ0) is 16.2. The van der Waals surface area contributed by atoms with Crippen LogP contribution in [0.25, 0.3) is 0 Å². The molecule has 0 bridgehead atoms. The molecule has 6 nitrogen and oxygen atoms in total. The molecule has 1 aliphatic carbocycles. The van der Waals surface area contributed by atoms with Crippen LogP contribution in [-0.4, -0.2) is 23.6 Å². The molecule has 1 N–H and O–H groups in total. The van der Waals surface area contributed by atoms with E-state index in [1.54, 1.807) is 0 Å². The molecule has 118 valence electrons. The first-order chi connectivity index (χ1) is 11.2. The highest BCUT2D eigenvalue weighted by Gasteiger charge is 2.45. The number of hydrazine groups is 1. The Kier molecular flexibility index (Phi) is 4.29. The van der Waals surface area contributed by atoms with Gasteiger partial charge in [0.15, 0.2) is 0 Å². The highest BCUT2D eigenvalue weighted by molar-refractivity contribution is 5.84. The van der Waals surface area contributed by atoms with Crippen LogP contribution in [0, 0.1) is 29.1 Å². The van der Waals surface area contributed by atoms with Crippen molar-refractivity contribution in [2.45, 2.75) is 13.0 Å². The van der Waals surface area contributed by atoms with E-state index in [1.165, 1.54) is 5.01 Å². The van der Waals surface area contributed by atoms with Gasteiger partial charge in [0.2, 0.25) is 5.91 Å². The predicted molar refractivity (Wildman–Crippen MR) is 81.3 cm³/mol. The fourth-order valence-electron chi connectivity index (χ4n) is 3.07. The van der Waals surface area contributed by atoms with Crippen LogP contribution in [0.2, 0.25) is 0 Å². The quantitative estimate of drug-likeness (QED) is 0.866. The Labute approximate surface area is 134 Å². The van der Waals surface area contributed by atoms with Gasteiger partial charge in [0.1, 0.15) is 6.61 Å². The van der Waals surface area contributed by atoms with Gasteiger partial charge in [0.25, 0.3) is 0 Å². The van der Waals surface area contributed by atoms with Gasteiger partial charge in [-0.2, -0.15) is 5.26 Å². The molecule has 0 radical (unpaired) electrons. The van der Waals surface area contributed by atoms with Crippen LogP contribution in [0.5, 0.6) is 0 Å². The highest BCUT2D eigenvalue weighted by atomic mass is 16.6. The Morgan fingerprint density at radius 3 is 2.91 bits per heavy atom. The van der Waals surface area contributed by atoms with E-state index in [0.29, 0.717) is 13.0 Å². The Morgan fingerprint density at radius 2 is 2.17 bits per heavy atom. The molecular formula is C17H17N3O3. The Hall–Kier alpha value is -2.81. The smallest absolute Gasteiger partial charge is 0.426 e. The fraction of sp³-hybridized carbons (Fsp3) is 0.353. The van der Waals surface area contributed by atoms with Crippen molar-refractivity contribution in [3.05, 3.63) is 48.0 Å². The second kappa shape index (κ2) is 6.53. The molecule has 0 aromatic heterocycles. The number of rotatable bonds is 3. The summed E-state index contributed by atoms with van der Waals surface area (Å²) in [7, 11) is 0. The lowest BCUT2D eigenvalue weighted by molar-refractivity contribution is -0.134. The maximum atomic E-state index is 12.4. The number of allylic oxidation sites excluding steroid dienone is 1. The lowest BCUT2D eigenvalue weighted by atomic mass is 9.78. The van der Waals surface area contributed by atoms with Crippen molar-refractivity contribution < 1.29 is 14.3 Å². The highest BCUT2D eigenvalue weighted by Crippen LogP contribution is 2.36. The summed E-state index contributed by atoms with van der Waals surface area (Å²) in [4.78, 5) is 24.3. The third-order valence-electron chi connectivity index (χ3n) is 4.22. The summed E-state index contributed by atoms with van der Waals surface area (Å²) >= 11 is 0. The van der Waals surface area contributed by atoms with Crippen molar-refractivity contribution in [3.8, 4) is 6.07 Å². The number of nitriles is 1. The zero-order valence-electron chi connectivity index (χ0n) is 12.5. The monoisotopic (exact) mass is 311 g/mol.